The Morgan fingerprint density at radius 2 is 1.81 bits per heavy atom. The van der Waals surface area contributed by atoms with E-state index in [2.05, 4.69) is 5.32 Å². The summed E-state index contributed by atoms with van der Waals surface area (Å²) >= 11 is 6.03. The molecule has 174 valence electrons. The molecule has 32 heavy (non-hydrogen) atoms. The van der Waals surface area contributed by atoms with Crippen LogP contribution in [0.4, 0.5) is 13.2 Å². The number of rotatable bonds is 6. The van der Waals surface area contributed by atoms with Gasteiger partial charge in [-0.25, -0.2) is 8.42 Å². The van der Waals surface area contributed by atoms with E-state index in [4.69, 9.17) is 11.6 Å². The Bertz CT molecular complexity index is 1070. The molecular formula is C22H24ClF3N2O3S. The van der Waals surface area contributed by atoms with Gasteiger partial charge in [0.2, 0.25) is 15.9 Å². The standard InChI is InChI=1S/C22H24ClF3N2O3S/c1-2-19(16-6-5-7-17(23)14-16)27-21(29)15-10-12-28(13-11-15)32(30,31)20-9-4-3-8-18(20)22(24,25)26/h3-9,14-15,19H,2,10-13H2,1H3,(H,27,29). The smallest absolute Gasteiger partial charge is 0.349 e. The lowest BCUT2D eigenvalue weighted by Crippen LogP contribution is -2.44. The lowest BCUT2D eigenvalue weighted by atomic mass is 9.96. The van der Waals surface area contributed by atoms with Crippen LogP contribution >= 0.6 is 11.6 Å². The van der Waals surface area contributed by atoms with E-state index in [9.17, 15) is 26.4 Å². The Morgan fingerprint density at radius 3 is 2.41 bits per heavy atom. The van der Waals surface area contributed by atoms with Crippen LogP contribution in [0, 0.1) is 5.92 Å². The van der Waals surface area contributed by atoms with Crippen LogP contribution in [0.25, 0.3) is 0 Å². The molecule has 1 aliphatic heterocycles. The first-order chi connectivity index (χ1) is 15.0. The molecule has 0 saturated carbocycles. The van der Waals surface area contributed by atoms with Gasteiger partial charge in [-0.3, -0.25) is 4.79 Å². The second-order valence-electron chi connectivity index (χ2n) is 7.70. The summed E-state index contributed by atoms with van der Waals surface area (Å²) < 4.78 is 66.7. The minimum atomic E-state index is -4.78. The Hall–Kier alpha value is -2.10. The SMILES string of the molecule is CCC(NC(=O)C1CCN(S(=O)(=O)c2ccccc2C(F)(F)F)CC1)c1cccc(Cl)c1. The Labute approximate surface area is 190 Å². The van der Waals surface area contributed by atoms with E-state index in [0.717, 1.165) is 28.1 Å². The fourth-order valence-electron chi connectivity index (χ4n) is 3.86. The number of amides is 1. The first kappa shape index (κ1) is 24.5. The molecule has 2 aromatic rings. The lowest BCUT2D eigenvalue weighted by Gasteiger charge is -2.32. The number of nitrogens with zero attached hydrogens (tertiary/aromatic N) is 1. The molecule has 1 aliphatic rings. The van der Waals surface area contributed by atoms with Crippen LogP contribution in [-0.4, -0.2) is 31.7 Å². The molecule has 3 rings (SSSR count). The second-order valence-corrected chi connectivity index (χ2v) is 10.0. The Morgan fingerprint density at radius 1 is 1.16 bits per heavy atom. The van der Waals surface area contributed by atoms with Gasteiger partial charge in [0.05, 0.1) is 16.5 Å². The van der Waals surface area contributed by atoms with E-state index in [1.165, 1.54) is 6.07 Å². The minimum absolute atomic E-state index is 0.0272. The lowest BCUT2D eigenvalue weighted by molar-refractivity contribution is -0.139. The molecule has 1 N–H and O–H groups in total. The van der Waals surface area contributed by atoms with E-state index in [-0.39, 0.29) is 37.9 Å². The van der Waals surface area contributed by atoms with Crippen LogP contribution in [0.5, 0.6) is 0 Å². The van der Waals surface area contributed by atoms with Crippen LogP contribution in [0.2, 0.25) is 5.02 Å². The maximum Gasteiger partial charge on any atom is 0.417 e. The highest BCUT2D eigenvalue weighted by Gasteiger charge is 2.40. The van der Waals surface area contributed by atoms with Crippen molar-refractivity contribution in [1.29, 1.82) is 0 Å². The number of carbonyl (C=O) groups is 1. The summed E-state index contributed by atoms with van der Waals surface area (Å²) in [5, 5.41) is 3.54. The van der Waals surface area contributed by atoms with E-state index in [1.807, 2.05) is 13.0 Å². The number of benzene rings is 2. The molecule has 0 bridgehead atoms. The van der Waals surface area contributed by atoms with Crippen LogP contribution < -0.4 is 5.32 Å². The largest absolute Gasteiger partial charge is 0.417 e. The number of carbonyl (C=O) groups excluding carboxylic acids is 1. The van der Waals surface area contributed by atoms with Gasteiger partial charge in [0.1, 0.15) is 0 Å². The van der Waals surface area contributed by atoms with Crippen molar-refractivity contribution >= 4 is 27.5 Å². The topological polar surface area (TPSA) is 66.5 Å². The number of sulfonamides is 1. The van der Waals surface area contributed by atoms with Crippen LogP contribution in [0.1, 0.15) is 43.4 Å². The summed E-state index contributed by atoms with van der Waals surface area (Å²) in [6.45, 7) is 1.88. The highest BCUT2D eigenvalue weighted by molar-refractivity contribution is 7.89. The number of nitrogens with one attached hydrogen (secondary N) is 1. The molecule has 1 saturated heterocycles. The van der Waals surface area contributed by atoms with Crippen molar-refractivity contribution in [3.63, 3.8) is 0 Å². The van der Waals surface area contributed by atoms with Crippen LogP contribution in [0.3, 0.4) is 0 Å². The molecule has 1 atom stereocenters. The Balaban J connectivity index is 1.68. The van der Waals surface area contributed by atoms with Gasteiger partial charge in [-0.2, -0.15) is 17.5 Å². The maximum atomic E-state index is 13.3. The minimum Gasteiger partial charge on any atom is -0.349 e. The van der Waals surface area contributed by atoms with Crippen molar-refractivity contribution in [1.82, 2.24) is 9.62 Å². The van der Waals surface area contributed by atoms with Gasteiger partial charge in [-0.05, 0) is 49.1 Å². The van der Waals surface area contributed by atoms with E-state index >= 15 is 0 Å². The average molecular weight is 489 g/mol. The Kier molecular flexibility index (Phi) is 7.52. The molecule has 0 aliphatic carbocycles. The van der Waals surface area contributed by atoms with Gasteiger partial charge in [0.15, 0.2) is 0 Å². The monoisotopic (exact) mass is 488 g/mol. The van der Waals surface area contributed by atoms with Crippen molar-refractivity contribution < 1.29 is 26.4 Å². The number of hydrogen-bond acceptors (Lipinski definition) is 3. The number of alkyl halides is 3. The summed E-state index contributed by atoms with van der Waals surface area (Å²) in [5.41, 5.74) is -0.315. The van der Waals surface area contributed by atoms with E-state index in [1.54, 1.807) is 18.2 Å². The zero-order valence-electron chi connectivity index (χ0n) is 17.4. The maximum absolute atomic E-state index is 13.3. The van der Waals surface area contributed by atoms with Gasteiger partial charge < -0.3 is 5.32 Å². The zero-order chi connectivity index (χ0) is 23.5. The van der Waals surface area contributed by atoms with Crippen molar-refractivity contribution in [2.45, 2.75) is 43.3 Å². The third-order valence-electron chi connectivity index (χ3n) is 5.61. The van der Waals surface area contributed by atoms with E-state index < -0.39 is 32.6 Å². The van der Waals surface area contributed by atoms with E-state index in [0.29, 0.717) is 11.4 Å². The summed E-state index contributed by atoms with van der Waals surface area (Å²) in [7, 11) is -4.33. The molecule has 0 radical (unpaired) electrons. The number of halogens is 4. The molecule has 5 nitrogen and oxygen atoms in total. The van der Waals surface area contributed by atoms with Gasteiger partial charge in [0.25, 0.3) is 0 Å². The quantitative estimate of drug-likeness (QED) is 0.620. The van der Waals surface area contributed by atoms with Gasteiger partial charge in [-0.15, -0.1) is 0 Å². The van der Waals surface area contributed by atoms with Crippen molar-refractivity contribution in [2.24, 2.45) is 5.92 Å². The molecule has 1 fully saturated rings. The molecule has 10 heteroatoms. The predicted octanol–water partition coefficient (Wildman–Crippen LogP) is 5.03. The predicted molar refractivity (Wildman–Crippen MR) is 116 cm³/mol. The molecule has 2 aromatic carbocycles. The summed E-state index contributed by atoms with van der Waals surface area (Å²) in [5.74, 6) is -0.628. The number of piperidine rings is 1. The molecule has 1 heterocycles. The van der Waals surface area contributed by atoms with Crippen molar-refractivity contribution in [3.8, 4) is 0 Å². The number of hydrogen-bond donors (Lipinski definition) is 1. The summed E-state index contributed by atoms with van der Waals surface area (Å²) in [4.78, 5) is 12.0. The molecule has 0 spiro atoms. The fraction of sp³-hybridized carbons (Fsp3) is 0.409. The molecule has 1 amide bonds. The first-order valence-corrected chi connectivity index (χ1v) is 12.1. The second kappa shape index (κ2) is 9.80. The zero-order valence-corrected chi connectivity index (χ0v) is 19.0. The van der Waals surface area contributed by atoms with Crippen LogP contribution in [0.15, 0.2) is 53.4 Å². The van der Waals surface area contributed by atoms with Crippen molar-refractivity contribution in [2.75, 3.05) is 13.1 Å². The normalized spacial score (nSPS) is 17.2. The molecule has 1 unspecified atom stereocenters. The average Bonchev–Trinajstić information content (AvgIpc) is 2.76. The van der Waals surface area contributed by atoms with Gasteiger partial charge in [-0.1, -0.05) is 42.8 Å². The third-order valence-corrected chi connectivity index (χ3v) is 7.80. The highest BCUT2D eigenvalue weighted by atomic mass is 35.5. The summed E-state index contributed by atoms with van der Waals surface area (Å²) in [6, 6.07) is 11.1. The van der Waals surface area contributed by atoms with Gasteiger partial charge in [0, 0.05) is 24.0 Å². The van der Waals surface area contributed by atoms with Crippen molar-refractivity contribution in [3.05, 3.63) is 64.7 Å². The fourth-order valence-corrected chi connectivity index (χ4v) is 5.74. The highest BCUT2D eigenvalue weighted by Crippen LogP contribution is 2.36. The molecular weight excluding hydrogens is 465 g/mol. The summed E-state index contributed by atoms with van der Waals surface area (Å²) in [6.07, 6.45) is -3.68. The first-order valence-electron chi connectivity index (χ1n) is 10.3. The third kappa shape index (κ3) is 5.44. The van der Waals surface area contributed by atoms with Crippen LogP contribution in [-0.2, 0) is 21.0 Å². The van der Waals surface area contributed by atoms with Gasteiger partial charge >= 0.3 is 6.18 Å². The molecule has 0 aromatic heterocycles.